The Morgan fingerprint density at radius 2 is 1.41 bits per heavy atom. The van der Waals surface area contributed by atoms with Crippen LogP contribution in [0.15, 0.2) is 85.2 Å². The molecule has 1 aliphatic rings. The molecule has 0 radical (unpaired) electrons. The van der Waals surface area contributed by atoms with Crippen molar-refractivity contribution < 1.29 is 32.4 Å². The van der Waals surface area contributed by atoms with E-state index in [2.05, 4.69) is 95.5 Å². The van der Waals surface area contributed by atoms with Crippen molar-refractivity contribution in [3.8, 4) is 23.6 Å². The van der Waals surface area contributed by atoms with E-state index in [1.165, 1.54) is 6.33 Å². The molecule has 2 aromatic heterocycles. The van der Waals surface area contributed by atoms with Crippen LogP contribution in [0.4, 0.5) is 5.82 Å². The molecule has 5 atom stereocenters. The highest BCUT2D eigenvalue weighted by Gasteiger charge is 2.55. The lowest BCUT2D eigenvalue weighted by atomic mass is 9.80. The fraction of sp³-hybridized carbons (Fsp3) is 0.490. The molecule has 5 aromatic rings. The predicted molar refractivity (Wildman–Crippen MR) is 259 cm³/mol. The van der Waals surface area contributed by atoms with Crippen molar-refractivity contribution in [2.75, 3.05) is 46.4 Å². The summed E-state index contributed by atoms with van der Waals surface area (Å²) < 4.78 is 51.5. The number of aromatic nitrogens is 4. The number of imidazole rings is 1. The normalized spacial score (nSPS) is 18.5. The molecule has 352 valence electrons. The number of rotatable bonds is 20. The van der Waals surface area contributed by atoms with Gasteiger partial charge in [0.1, 0.15) is 47.8 Å². The van der Waals surface area contributed by atoms with Crippen LogP contribution < -0.4 is 14.4 Å². The van der Waals surface area contributed by atoms with Crippen LogP contribution >= 0.6 is 8.53 Å². The van der Waals surface area contributed by atoms with Crippen LogP contribution in [-0.2, 0) is 28.5 Å². The third kappa shape index (κ3) is 10.4. The first-order valence-electron chi connectivity index (χ1n) is 22.3. The lowest BCUT2D eigenvalue weighted by Crippen LogP contribution is -2.50. The molecule has 15 nitrogen and oxygen atoms in total. The van der Waals surface area contributed by atoms with Crippen LogP contribution in [0.5, 0.6) is 11.5 Å². The summed E-state index contributed by atoms with van der Waals surface area (Å²) in [5, 5.41) is 20.2. The summed E-state index contributed by atoms with van der Waals surface area (Å²) in [4.78, 5) is 15.9. The van der Waals surface area contributed by atoms with Crippen LogP contribution in [0.3, 0.4) is 0 Å². The number of nitriles is 2. The molecule has 0 spiro atoms. The minimum Gasteiger partial charge on any atom is -0.497 e. The fourth-order valence-corrected chi connectivity index (χ4v) is 11.1. The van der Waals surface area contributed by atoms with E-state index in [4.69, 9.17) is 42.4 Å². The van der Waals surface area contributed by atoms with Gasteiger partial charge in [-0.05, 0) is 86.8 Å². The zero-order valence-corrected chi connectivity index (χ0v) is 42.4. The number of methoxy groups -OCH3 is 2. The highest BCUT2D eigenvalue weighted by Crippen LogP contribution is 2.53. The van der Waals surface area contributed by atoms with E-state index >= 15 is 0 Å². The summed E-state index contributed by atoms with van der Waals surface area (Å²) in [6, 6.07) is 30.4. The number of ether oxygens (including phenoxy) is 4. The summed E-state index contributed by atoms with van der Waals surface area (Å²) in [6.07, 6.45) is -1.85. The van der Waals surface area contributed by atoms with Crippen LogP contribution in [0.25, 0.3) is 11.2 Å². The molecule has 0 N–H and O–H groups in total. The lowest BCUT2D eigenvalue weighted by molar-refractivity contribution is -0.0927. The van der Waals surface area contributed by atoms with Crippen LogP contribution in [-0.4, -0.2) is 104 Å². The number of nitrogens with zero attached hydrogens (tertiary/aromatic N) is 8. The van der Waals surface area contributed by atoms with E-state index in [0.717, 1.165) is 16.7 Å². The maximum Gasteiger partial charge on any atom is 0.259 e. The fourth-order valence-electron chi connectivity index (χ4n) is 8.04. The van der Waals surface area contributed by atoms with Gasteiger partial charge in [-0.1, -0.05) is 75.4 Å². The average Bonchev–Trinajstić information content (AvgIpc) is 3.83. The van der Waals surface area contributed by atoms with Gasteiger partial charge in [-0.3, -0.25) is 4.57 Å². The number of fused-ring (bicyclic) bond motifs is 1. The number of hydrogen-bond acceptors (Lipinski definition) is 14. The van der Waals surface area contributed by atoms with E-state index in [1.54, 1.807) is 18.8 Å². The van der Waals surface area contributed by atoms with E-state index in [-0.39, 0.29) is 42.6 Å². The van der Waals surface area contributed by atoms with Crippen molar-refractivity contribution >= 4 is 33.8 Å². The van der Waals surface area contributed by atoms with Crippen molar-refractivity contribution in [3.63, 3.8) is 0 Å². The second-order valence-electron chi connectivity index (χ2n) is 18.5. The largest absolute Gasteiger partial charge is 0.497 e. The molecule has 0 amide bonds. The lowest BCUT2D eigenvalue weighted by Gasteiger charge is -2.42. The van der Waals surface area contributed by atoms with Crippen molar-refractivity contribution in [3.05, 3.63) is 108 Å². The quantitative estimate of drug-likeness (QED) is 0.0314. The Balaban J connectivity index is 1.61. The predicted octanol–water partition coefficient (Wildman–Crippen LogP) is 9.74. The van der Waals surface area contributed by atoms with Gasteiger partial charge in [-0.2, -0.15) is 10.5 Å². The van der Waals surface area contributed by atoms with Gasteiger partial charge in [-0.15, -0.1) is 0 Å². The second kappa shape index (κ2) is 21.3. The van der Waals surface area contributed by atoms with Crippen molar-refractivity contribution in [2.24, 2.45) is 0 Å². The Morgan fingerprint density at radius 3 is 1.91 bits per heavy atom. The molecule has 1 aliphatic heterocycles. The van der Waals surface area contributed by atoms with E-state index in [0.29, 0.717) is 28.5 Å². The van der Waals surface area contributed by atoms with Crippen LogP contribution in [0.2, 0.25) is 18.1 Å². The summed E-state index contributed by atoms with van der Waals surface area (Å²) >= 11 is 0. The van der Waals surface area contributed by atoms with Gasteiger partial charge in [0.25, 0.3) is 8.53 Å². The topological polar surface area (TPSA) is 162 Å². The Kier molecular flexibility index (Phi) is 16.3. The maximum atomic E-state index is 10.8. The van der Waals surface area contributed by atoms with Crippen molar-refractivity contribution in [2.45, 2.75) is 115 Å². The van der Waals surface area contributed by atoms with Gasteiger partial charge in [-0.25, -0.2) is 19.6 Å². The SMILES string of the molecule is COc1ccc(C(OC[C@H]2O[C@@H](n3c(C#N)nc4c(N(C)C)ncnc43)[C@H](O[Si](C)(C)C(C)(C)C)[C@@H]2OP(OCCC#N)N(C(C)C)C(C)C)(c2ccccc2)c2ccc(OC)cc2)cc1. The molecule has 0 bridgehead atoms. The molecule has 1 saturated heterocycles. The molecule has 1 unspecified atom stereocenters. The van der Waals surface area contributed by atoms with Crippen molar-refractivity contribution in [1.82, 2.24) is 24.2 Å². The van der Waals surface area contributed by atoms with Gasteiger partial charge >= 0.3 is 0 Å². The zero-order chi connectivity index (χ0) is 48.0. The molecule has 0 aliphatic carbocycles. The summed E-state index contributed by atoms with van der Waals surface area (Å²) in [5.74, 6) is 2.02. The second-order valence-corrected chi connectivity index (χ2v) is 24.7. The van der Waals surface area contributed by atoms with Gasteiger partial charge in [0.2, 0.25) is 5.82 Å². The Labute approximate surface area is 392 Å². The molecule has 17 heteroatoms. The third-order valence-corrected chi connectivity index (χ3v) is 18.9. The minimum absolute atomic E-state index is 0.00517. The van der Waals surface area contributed by atoms with Crippen LogP contribution in [0, 0.1) is 22.7 Å². The first-order valence-corrected chi connectivity index (χ1v) is 26.3. The first kappa shape index (κ1) is 50.4. The molecular formula is C49H65N8O7PSi. The monoisotopic (exact) mass is 936 g/mol. The minimum atomic E-state index is -2.68. The van der Waals surface area contributed by atoms with Crippen molar-refractivity contribution in [1.29, 1.82) is 10.5 Å². The molecule has 3 aromatic carbocycles. The maximum absolute atomic E-state index is 10.8. The molecule has 1 fully saturated rings. The summed E-state index contributed by atoms with van der Waals surface area (Å²) in [7, 11) is 2.51. The van der Waals surface area contributed by atoms with Crippen LogP contribution in [0.1, 0.15) is 83.6 Å². The molecule has 66 heavy (non-hydrogen) atoms. The number of hydrogen-bond donors (Lipinski definition) is 0. The smallest absolute Gasteiger partial charge is 0.259 e. The molecule has 3 heterocycles. The zero-order valence-electron chi connectivity index (χ0n) is 40.6. The third-order valence-electron chi connectivity index (χ3n) is 12.3. The highest BCUT2D eigenvalue weighted by molar-refractivity contribution is 7.44. The van der Waals surface area contributed by atoms with Gasteiger partial charge in [0.05, 0.1) is 39.9 Å². The molecule has 0 saturated carbocycles. The van der Waals surface area contributed by atoms with Gasteiger partial charge in [0, 0.05) is 26.2 Å². The Bertz CT molecular complexity index is 2400. The van der Waals surface area contributed by atoms with E-state index < -0.39 is 47.0 Å². The van der Waals surface area contributed by atoms with Gasteiger partial charge < -0.3 is 37.3 Å². The van der Waals surface area contributed by atoms with Gasteiger partial charge in [0.15, 0.2) is 31.5 Å². The summed E-state index contributed by atoms with van der Waals surface area (Å²) in [6.45, 7) is 19.4. The average molecular weight is 937 g/mol. The Morgan fingerprint density at radius 1 is 0.833 bits per heavy atom. The summed E-state index contributed by atoms with van der Waals surface area (Å²) in [5.41, 5.74) is 2.21. The number of benzene rings is 3. The van der Waals surface area contributed by atoms with E-state index in [1.807, 2.05) is 85.7 Å². The molecular weight excluding hydrogens is 872 g/mol. The number of anilines is 1. The first-order chi connectivity index (χ1) is 31.4. The standard InChI is InChI=1S/C49H65N8O7PSi/c1-33(2)57(34(3)4)65(61-29-17-28-50)63-43-40(31-60-49(35-18-15-14-16-19-35,36-20-24-38(58-10)25-21-36)37-22-26-39(59-11)27-23-37)62-47(44(43)64-66(12,13)48(5,6)7)56-41(30-51)54-42-45(55(8)9)52-32-53-46(42)56/h14-16,18-27,32-34,40,43-44,47H,17,29,31H2,1-13H3/t40-,43-,44-,47-,65?/m1/s1. The highest BCUT2D eigenvalue weighted by atomic mass is 31.2. The van der Waals surface area contributed by atoms with E-state index in [9.17, 15) is 10.5 Å². The molecule has 6 rings (SSSR count). The Hall–Kier alpha value is -5.00.